The lowest BCUT2D eigenvalue weighted by Gasteiger charge is -2.08. The lowest BCUT2D eigenvalue weighted by atomic mass is 10.0. The predicted octanol–water partition coefficient (Wildman–Crippen LogP) is 2.81. The molecule has 1 fully saturated rings. The smallest absolute Gasteiger partial charge is 0.104 e. The van der Waals surface area contributed by atoms with E-state index in [1.54, 1.807) is 6.20 Å². The topological polar surface area (TPSA) is 44.5 Å². The van der Waals surface area contributed by atoms with Gasteiger partial charge in [0.2, 0.25) is 0 Å². The van der Waals surface area contributed by atoms with E-state index in [9.17, 15) is 0 Å². The summed E-state index contributed by atoms with van der Waals surface area (Å²) in [6.07, 6.45) is 8.74. The predicted molar refractivity (Wildman–Crippen MR) is 72.8 cm³/mol. The van der Waals surface area contributed by atoms with Gasteiger partial charge in [0, 0.05) is 6.42 Å². The second kappa shape index (κ2) is 5.91. The molecule has 0 radical (unpaired) electrons. The van der Waals surface area contributed by atoms with Gasteiger partial charge in [0.05, 0.1) is 19.3 Å². The zero-order valence-corrected chi connectivity index (χ0v) is 10.9. The molecule has 0 aromatic carbocycles. The van der Waals surface area contributed by atoms with Crippen molar-refractivity contribution in [3.05, 3.63) is 47.4 Å². The van der Waals surface area contributed by atoms with Crippen LogP contribution in [0.3, 0.4) is 0 Å². The van der Waals surface area contributed by atoms with Crippen LogP contribution in [0.2, 0.25) is 0 Å². The van der Waals surface area contributed by atoms with E-state index in [4.69, 9.17) is 15.2 Å². The van der Waals surface area contributed by atoms with Crippen LogP contribution in [0.1, 0.15) is 26.2 Å². The van der Waals surface area contributed by atoms with Crippen LogP contribution in [0.4, 0.5) is 0 Å². The molecule has 98 valence electrons. The van der Waals surface area contributed by atoms with Gasteiger partial charge in [-0.3, -0.25) is 0 Å². The molecule has 1 saturated heterocycles. The molecule has 1 atom stereocenters. The van der Waals surface area contributed by atoms with E-state index >= 15 is 0 Å². The Labute approximate surface area is 109 Å². The Morgan fingerprint density at radius 3 is 3.06 bits per heavy atom. The molecule has 1 aliphatic carbocycles. The fourth-order valence-electron chi connectivity index (χ4n) is 2.17. The summed E-state index contributed by atoms with van der Waals surface area (Å²) in [6, 6.07) is 0. The van der Waals surface area contributed by atoms with Crippen molar-refractivity contribution in [1.29, 1.82) is 0 Å². The van der Waals surface area contributed by atoms with Crippen LogP contribution in [0, 0.1) is 0 Å². The highest BCUT2D eigenvalue weighted by Crippen LogP contribution is 2.35. The maximum atomic E-state index is 5.66. The monoisotopic (exact) mass is 247 g/mol. The summed E-state index contributed by atoms with van der Waals surface area (Å²) in [5.41, 5.74) is 9.15. The molecule has 1 unspecified atom stereocenters. The summed E-state index contributed by atoms with van der Waals surface area (Å²) < 4.78 is 11.1. The van der Waals surface area contributed by atoms with Gasteiger partial charge >= 0.3 is 0 Å². The largest absolute Gasteiger partial charge is 0.498 e. The Bertz CT molecular complexity index is 418. The van der Waals surface area contributed by atoms with Crippen LogP contribution in [-0.4, -0.2) is 19.3 Å². The molecule has 0 aromatic rings. The first kappa shape index (κ1) is 13.0. The second-order valence-electron chi connectivity index (χ2n) is 4.73. The van der Waals surface area contributed by atoms with Crippen LogP contribution in [0.5, 0.6) is 0 Å². The van der Waals surface area contributed by atoms with Crippen molar-refractivity contribution in [3.8, 4) is 0 Å². The van der Waals surface area contributed by atoms with Crippen molar-refractivity contribution >= 4 is 0 Å². The third-order valence-electron chi connectivity index (χ3n) is 3.08. The molecule has 0 bridgehead atoms. The summed E-state index contributed by atoms with van der Waals surface area (Å²) in [5, 5.41) is 0. The first-order valence-corrected chi connectivity index (χ1v) is 6.44. The van der Waals surface area contributed by atoms with E-state index in [0.717, 1.165) is 31.6 Å². The van der Waals surface area contributed by atoms with Crippen molar-refractivity contribution in [2.75, 3.05) is 13.2 Å². The average Bonchev–Trinajstić information content (AvgIpc) is 2.91. The molecule has 2 N–H and O–H groups in total. The molecule has 0 spiro atoms. The van der Waals surface area contributed by atoms with E-state index in [2.05, 4.69) is 12.7 Å². The van der Waals surface area contributed by atoms with E-state index in [1.165, 1.54) is 16.7 Å². The molecule has 2 rings (SSSR count). The minimum absolute atomic E-state index is 0.245. The summed E-state index contributed by atoms with van der Waals surface area (Å²) in [7, 11) is 0. The van der Waals surface area contributed by atoms with Gasteiger partial charge in [-0.15, -0.1) is 0 Å². The van der Waals surface area contributed by atoms with E-state index in [0.29, 0.717) is 6.61 Å². The fourth-order valence-corrected chi connectivity index (χ4v) is 2.17. The fraction of sp³-hybridized carbons (Fsp3) is 0.467. The molecule has 1 heterocycles. The van der Waals surface area contributed by atoms with Crippen LogP contribution in [0.15, 0.2) is 47.4 Å². The number of hydrogen-bond donors (Lipinski definition) is 1. The molecule has 0 amide bonds. The Balaban J connectivity index is 1.96. The average molecular weight is 247 g/mol. The molecule has 18 heavy (non-hydrogen) atoms. The van der Waals surface area contributed by atoms with Gasteiger partial charge in [0.15, 0.2) is 0 Å². The van der Waals surface area contributed by atoms with E-state index in [-0.39, 0.29) is 6.10 Å². The third kappa shape index (κ3) is 3.50. The lowest BCUT2D eigenvalue weighted by molar-refractivity contribution is 0.115. The third-order valence-corrected chi connectivity index (χ3v) is 3.08. The summed E-state index contributed by atoms with van der Waals surface area (Å²) in [6.45, 7) is 7.38. The Morgan fingerprint density at radius 1 is 1.61 bits per heavy atom. The molecule has 3 nitrogen and oxygen atoms in total. The van der Waals surface area contributed by atoms with Crippen LogP contribution >= 0.6 is 0 Å². The van der Waals surface area contributed by atoms with Gasteiger partial charge in [-0.2, -0.15) is 0 Å². The highest BCUT2D eigenvalue weighted by Gasteiger charge is 2.23. The molecule has 2 aliphatic rings. The van der Waals surface area contributed by atoms with Gasteiger partial charge in [-0.1, -0.05) is 12.7 Å². The van der Waals surface area contributed by atoms with Crippen molar-refractivity contribution in [3.63, 3.8) is 0 Å². The van der Waals surface area contributed by atoms with Gasteiger partial charge in [-0.05, 0) is 48.8 Å². The normalized spacial score (nSPS) is 24.2. The van der Waals surface area contributed by atoms with Crippen LogP contribution < -0.4 is 5.73 Å². The Kier molecular flexibility index (Phi) is 4.26. The molecule has 1 aliphatic heterocycles. The van der Waals surface area contributed by atoms with Crippen molar-refractivity contribution in [1.82, 2.24) is 0 Å². The van der Waals surface area contributed by atoms with Crippen molar-refractivity contribution < 1.29 is 9.47 Å². The summed E-state index contributed by atoms with van der Waals surface area (Å²) in [5.74, 6) is 1.11. The van der Waals surface area contributed by atoms with Gasteiger partial charge < -0.3 is 15.2 Å². The van der Waals surface area contributed by atoms with E-state index in [1.807, 2.05) is 13.0 Å². The zero-order valence-electron chi connectivity index (χ0n) is 10.9. The number of nitrogens with two attached hydrogens (primary N) is 1. The Hall–Kier alpha value is -1.48. The standard InChI is InChI=1S/C15H21NO2/c1-3-17-15-9-13(15)7-12(4-5-16)8-14-6-11(2)10-18-14/h4-5,7,14H,2-3,6,8-10,16H2,1H3/b5-4-,12-7+. The number of allylic oxidation sites excluding steroid dienone is 4. The first-order chi connectivity index (χ1) is 8.72. The van der Waals surface area contributed by atoms with E-state index < -0.39 is 0 Å². The van der Waals surface area contributed by atoms with Gasteiger partial charge in [-0.25, -0.2) is 0 Å². The molecule has 3 heteroatoms. The molecular weight excluding hydrogens is 226 g/mol. The summed E-state index contributed by atoms with van der Waals surface area (Å²) in [4.78, 5) is 0. The molecular formula is C15H21NO2. The molecule has 0 aromatic heterocycles. The maximum absolute atomic E-state index is 5.66. The number of ether oxygens (including phenoxy) is 2. The number of rotatable bonds is 6. The van der Waals surface area contributed by atoms with Crippen molar-refractivity contribution in [2.45, 2.75) is 32.3 Å². The first-order valence-electron chi connectivity index (χ1n) is 6.44. The zero-order chi connectivity index (χ0) is 13.0. The number of hydrogen-bond acceptors (Lipinski definition) is 3. The SMILES string of the molecule is C=C1COC(CC(/C=C\N)=C/C2=C(OCC)C2)C1. The van der Waals surface area contributed by atoms with Crippen molar-refractivity contribution in [2.24, 2.45) is 5.73 Å². The minimum atomic E-state index is 0.245. The highest BCUT2D eigenvalue weighted by atomic mass is 16.5. The van der Waals surface area contributed by atoms with Gasteiger partial charge in [0.1, 0.15) is 5.76 Å². The quantitative estimate of drug-likeness (QED) is 0.580. The van der Waals surface area contributed by atoms with Crippen LogP contribution in [-0.2, 0) is 9.47 Å². The second-order valence-corrected chi connectivity index (χ2v) is 4.73. The van der Waals surface area contributed by atoms with Crippen LogP contribution in [0.25, 0.3) is 0 Å². The molecule has 0 saturated carbocycles. The maximum Gasteiger partial charge on any atom is 0.104 e. The summed E-state index contributed by atoms with van der Waals surface area (Å²) >= 11 is 0. The van der Waals surface area contributed by atoms with Gasteiger partial charge in [0.25, 0.3) is 0 Å². The highest BCUT2D eigenvalue weighted by molar-refractivity contribution is 5.44. The minimum Gasteiger partial charge on any atom is -0.498 e. The Morgan fingerprint density at radius 2 is 2.44 bits per heavy atom. The lowest BCUT2D eigenvalue weighted by Crippen LogP contribution is -2.05.